The Morgan fingerprint density at radius 2 is 2.16 bits per heavy atom. The van der Waals surface area contributed by atoms with E-state index >= 15 is 0 Å². The predicted molar refractivity (Wildman–Crippen MR) is 75.6 cm³/mol. The molecule has 1 aliphatic rings. The number of aromatic nitrogens is 2. The minimum absolute atomic E-state index is 0.130. The molecule has 0 spiro atoms. The molecule has 1 atom stereocenters. The van der Waals surface area contributed by atoms with Crippen LogP contribution in [0.15, 0.2) is 6.20 Å². The predicted octanol–water partition coefficient (Wildman–Crippen LogP) is 2.24. The fourth-order valence-corrected chi connectivity index (χ4v) is 3.16. The van der Waals surface area contributed by atoms with Crippen molar-refractivity contribution in [2.24, 2.45) is 17.7 Å². The molecule has 1 aliphatic carbocycles. The summed E-state index contributed by atoms with van der Waals surface area (Å²) in [5, 5.41) is 4.38. The number of aryl methyl sites for hydroxylation is 1. The molecule has 0 amide bonds. The number of hydrogen-bond acceptors (Lipinski definition) is 4. The van der Waals surface area contributed by atoms with E-state index in [0.29, 0.717) is 5.92 Å². The van der Waals surface area contributed by atoms with Crippen LogP contribution in [0, 0.1) is 11.8 Å². The monoisotopic (exact) mass is 266 g/mol. The van der Waals surface area contributed by atoms with Crippen molar-refractivity contribution >= 4 is 0 Å². The highest BCUT2D eigenvalue weighted by atomic mass is 16.5. The second-order valence-corrected chi connectivity index (χ2v) is 5.58. The van der Waals surface area contributed by atoms with Crippen LogP contribution in [-0.2, 0) is 6.54 Å². The first-order valence-corrected chi connectivity index (χ1v) is 7.27. The van der Waals surface area contributed by atoms with Crippen LogP contribution >= 0.6 is 0 Å². The van der Waals surface area contributed by atoms with Gasteiger partial charge in [-0.2, -0.15) is 5.10 Å². The fraction of sp³-hybridized carbons (Fsp3) is 0.786. The van der Waals surface area contributed by atoms with E-state index in [1.54, 1.807) is 13.3 Å². The van der Waals surface area contributed by atoms with Gasteiger partial charge in [-0.15, -0.1) is 0 Å². The second kappa shape index (κ2) is 6.39. The molecule has 1 saturated carbocycles. The maximum atomic E-state index is 5.83. The molecule has 1 aromatic rings. The number of nitrogens with zero attached hydrogens (tertiary/aromatic N) is 2. The number of rotatable bonds is 5. The fourth-order valence-electron chi connectivity index (χ4n) is 3.16. The van der Waals surface area contributed by atoms with E-state index in [4.69, 9.17) is 10.6 Å². The number of methoxy groups -OCH3 is 1. The third kappa shape index (κ3) is 2.92. The van der Waals surface area contributed by atoms with Gasteiger partial charge in [0.15, 0.2) is 5.75 Å². The number of ether oxygens (including phenoxy) is 1. The zero-order valence-corrected chi connectivity index (χ0v) is 12.2. The summed E-state index contributed by atoms with van der Waals surface area (Å²) in [6, 6.07) is 0.130. The van der Waals surface area contributed by atoms with E-state index in [1.807, 2.05) is 4.68 Å². The van der Waals surface area contributed by atoms with Crippen LogP contribution in [-0.4, -0.2) is 16.9 Å². The third-order valence-electron chi connectivity index (χ3n) is 4.37. The molecule has 0 saturated heterocycles. The molecule has 1 fully saturated rings. The zero-order chi connectivity index (χ0) is 13.8. The van der Waals surface area contributed by atoms with E-state index in [1.165, 1.54) is 25.7 Å². The summed E-state index contributed by atoms with van der Waals surface area (Å²) >= 11 is 0. The molecular formula is C14H26N4O. The van der Waals surface area contributed by atoms with E-state index < -0.39 is 0 Å². The lowest BCUT2D eigenvalue weighted by Crippen LogP contribution is -2.36. The van der Waals surface area contributed by atoms with E-state index in [2.05, 4.69) is 24.4 Å². The van der Waals surface area contributed by atoms with Gasteiger partial charge in [0.05, 0.1) is 25.0 Å². The summed E-state index contributed by atoms with van der Waals surface area (Å²) in [5.41, 5.74) is 4.09. The van der Waals surface area contributed by atoms with Crippen LogP contribution in [0.5, 0.6) is 5.75 Å². The Labute approximate surface area is 115 Å². The van der Waals surface area contributed by atoms with Crippen molar-refractivity contribution in [1.29, 1.82) is 0 Å². The van der Waals surface area contributed by atoms with Gasteiger partial charge < -0.3 is 4.74 Å². The summed E-state index contributed by atoms with van der Waals surface area (Å²) in [7, 11) is 1.69. The van der Waals surface area contributed by atoms with Crippen molar-refractivity contribution in [3.8, 4) is 5.75 Å². The molecule has 19 heavy (non-hydrogen) atoms. The first kappa shape index (κ1) is 14.3. The van der Waals surface area contributed by atoms with Gasteiger partial charge in [-0.3, -0.25) is 16.0 Å². The second-order valence-electron chi connectivity index (χ2n) is 5.58. The van der Waals surface area contributed by atoms with Gasteiger partial charge >= 0.3 is 0 Å². The summed E-state index contributed by atoms with van der Waals surface area (Å²) in [6.45, 7) is 5.25. The van der Waals surface area contributed by atoms with E-state index in [-0.39, 0.29) is 6.04 Å². The Hall–Kier alpha value is -1.07. The third-order valence-corrected chi connectivity index (χ3v) is 4.37. The van der Waals surface area contributed by atoms with Crippen molar-refractivity contribution in [1.82, 2.24) is 15.2 Å². The molecule has 5 nitrogen and oxygen atoms in total. The van der Waals surface area contributed by atoms with Gasteiger partial charge in [-0.1, -0.05) is 19.8 Å². The molecule has 0 aliphatic heterocycles. The van der Waals surface area contributed by atoms with Crippen LogP contribution in [0.4, 0.5) is 0 Å². The summed E-state index contributed by atoms with van der Waals surface area (Å²) in [5.74, 6) is 8.07. The smallest absolute Gasteiger partial charge is 0.161 e. The Kier molecular flexibility index (Phi) is 4.82. The van der Waals surface area contributed by atoms with Gasteiger partial charge in [0.25, 0.3) is 0 Å². The molecule has 5 heteroatoms. The van der Waals surface area contributed by atoms with Crippen molar-refractivity contribution < 1.29 is 4.74 Å². The zero-order valence-electron chi connectivity index (χ0n) is 12.2. The van der Waals surface area contributed by atoms with E-state index in [0.717, 1.165) is 23.9 Å². The number of nitrogens with two attached hydrogens (primary N) is 1. The van der Waals surface area contributed by atoms with Crippen molar-refractivity contribution in [2.45, 2.75) is 52.1 Å². The van der Waals surface area contributed by atoms with Gasteiger partial charge in [-0.25, -0.2) is 0 Å². The quantitative estimate of drug-likeness (QED) is 0.633. The first-order chi connectivity index (χ1) is 9.21. The van der Waals surface area contributed by atoms with E-state index in [9.17, 15) is 0 Å². The lowest BCUT2D eigenvalue weighted by atomic mass is 9.78. The van der Waals surface area contributed by atoms with Crippen LogP contribution in [0.25, 0.3) is 0 Å². The minimum Gasteiger partial charge on any atom is -0.493 e. The summed E-state index contributed by atoms with van der Waals surface area (Å²) in [4.78, 5) is 0. The number of hydrogen-bond donors (Lipinski definition) is 2. The number of hydrazine groups is 1. The molecule has 0 bridgehead atoms. The van der Waals surface area contributed by atoms with Crippen LogP contribution < -0.4 is 16.0 Å². The van der Waals surface area contributed by atoms with Crippen molar-refractivity contribution in [3.05, 3.63) is 11.9 Å². The average Bonchev–Trinajstić information content (AvgIpc) is 2.85. The molecule has 1 heterocycles. The Morgan fingerprint density at radius 1 is 1.47 bits per heavy atom. The van der Waals surface area contributed by atoms with Gasteiger partial charge in [0, 0.05) is 6.54 Å². The molecule has 0 radical (unpaired) electrons. The topological polar surface area (TPSA) is 65.1 Å². The molecular weight excluding hydrogens is 240 g/mol. The van der Waals surface area contributed by atoms with Crippen LogP contribution in [0.3, 0.4) is 0 Å². The minimum atomic E-state index is 0.130. The highest BCUT2D eigenvalue weighted by Gasteiger charge is 2.31. The van der Waals surface area contributed by atoms with Gasteiger partial charge in [0.1, 0.15) is 0 Å². The molecule has 0 aromatic carbocycles. The lowest BCUT2D eigenvalue weighted by Gasteiger charge is -2.32. The van der Waals surface area contributed by atoms with Gasteiger partial charge in [-0.05, 0) is 31.6 Å². The van der Waals surface area contributed by atoms with Crippen molar-refractivity contribution in [2.75, 3.05) is 7.11 Å². The molecule has 108 valence electrons. The molecule has 1 aromatic heterocycles. The first-order valence-electron chi connectivity index (χ1n) is 7.27. The molecule has 1 unspecified atom stereocenters. The van der Waals surface area contributed by atoms with Crippen LogP contribution in [0.2, 0.25) is 0 Å². The van der Waals surface area contributed by atoms with Crippen LogP contribution in [0.1, 0.15) is 51.3 Å². The maximum absolute atomic E-state index is 5.83. The van der Waals surface area contributed by atoms with Crippen molar-refractivity contribution in [3.63, 3.8) is 0 Å². The van der Waals surface area contributed by atoms with Gasteiger partial charge in [0.2, 0.25) is 0 Å². The number of nitrogens with one attached hydrogen (secondary N) is 1. The largest absolute Gasteiger partial charge is 0.493 e. The average molecular weight is 266 g/mol. The lowest BCUT2D eigenvalue weighted by molar-refractivity contribution is 0.222. The Bertz CT molecular complexity index is 375. The SMILES string of the molecule is CCn1ncc(OC)c1C(NN)C1CCC(C)CC1. The summed E-state index contributed by atoms with van der Waals surface area (Å²) in [6.07, 6.45) is 6.79. The highest BCUT2D eigenvalue weighted by Crippen LogP contribution is 2.39. The Morgan fingerprint density at radius 3 is 2.68 bits per heavy atom. The standard InChI is InChI=1S/C14H26N4O/c1-4-18-14(12(19-3)9-16-18)13(17-15)11-7-5-10(2)6-8-11/h9-11,13,17H,4-8,15H2,1-3H3. The highest BCUT2D eigenvalue weighted by molar-refractivity contribution is 5.29. The summed E-state index contributed by atoms with van der Waals surface area (Å²) < 4.78 is 7.43. The molecule has 3 N–H and O–H groups in total. The molecule has 2 rings (SSSR count). The normalized spacial score (nSPS) is 25.3. The maximum Gasteiger partial charge on any atom is 0.161 e. The Balaban J connectivity index is 2.23.